The first-order chi connectivity index (χ1) is 9.95. The van der Waals surface area contributed by atoms with Gasteiger partial charge in [0.25, 0.3) is 0 Å². The summed E-state index contributed by atoms with van der Waals surface area (Å²) in [6, 6.07) is 5.58. The van der Waals surface area contributed by atoms with E-state index in [1.165, 1.54) is 24.3 Å². The third kappa shape index (κ3) is 4.06. The van der Waals surface area contributed by atoms with Gasteiger partial charge in [0.1, 0.15) is 5.82 Å². The van der Waals surface area contributed by atoms with Crippen LogP contribution in [0, 0.1) is 5.82 Å². The van der Waals surface area contributed by atoms with Gasteiger partial charge >= 0.3 is 0 Å². The summed E-state index contributed by atoms with van der Waals surface area (Å²) in [7, 11) is 0. The molecule has 1 aromatic carbocycles. The predicted molar refractivity (Wildman–Crippen MR) is 75.2 cm³/mol. The molecular weight excluding hydrogens is 297 g/mol. The minimum atomic E-state index is -1.32. The number of hydrazone groups is 1. The van der Waals surface area contributed by atoms with Crippen LogP contribution in [0.3, 0.4) is 0 Å². The number of thioether (sulfide) groups is 1. The smallest absolute Gasteiger partial charge is 0.227 e. The molecule has 6 nitrogen and oxygen atoms in total. The number of hydrogen-bond donors (Lipinski definition) is 2. The molecule has 1 aliphatic rings. The van der Waals surface area contributed by atoms with Crippen LogP contribution in [0.15, 0.2) is 35.9 Å². The number of halogens is 1. The number of hydrogen-bond acceptors (Lipinski definition) is 6. The van der Waals surface area contributed by atoms with E-state index in [0.717, 1.165) is 11.8 Å². The molecule has 1 aromatic rings. The van der Waals surface area contributed by atoms with Crippen LogP contribution in [-0.2, 0) is 9.59 Å². The Bertz CT molecular complexity index is 616. The summed E-state index contributed by atoms with van der Waals surface area (Å²) in [6.07, 6.45) is -0.162. The van der Waals surface area contributed by atoms with Crippen LogP contribution in [0.5, 0.6) is 0 Å². The number of carboxylic acid groups (broad SMARTS) is 1. The number of rotatable bonds is 4. The lowest BCUT2D eigenvalue weighted by atomic mass is 10.2. The Kier molecular flexibility index (Phi) is 4.59. The first-order valence-corrected chi connectivity index (χ1v) is 6.79. The Hall–Kier alpha value is -2.35. The van der Waals surface area contributed by atoms with E-state index in [9.17, 15) is 19.1 Å². The Morgan fingerprint density at radius 2 is 2.14 bits per heavy atom. The van der Waals surface area contributed by atoms with E-state index in [0.29, 0.717) is 11.3 Å². The van der Waals surface area contributed by atoms with Gasteiger partial charge in [0.2, 0.25) is 5.91 Å². The minimum Gasteiger partial charge on any atom is -0.549 e. The lowest BCUT2D eigenvalue weighted by molar-refractivity contribution is -0.304. The molecule has 1 unspecified atom stereocenters. The molecule has 0 radical (unpaired) electrons. The highest BCUT2D eigenvalue weighted by Gasteiger charge is 2.25. The molecule has 0 aromatic heterocycles. The Morgan fingerprint density at radius 1 is 1.48 bits per heavy atom. The van der Waals surface area contributed by atoms with Crippen molar-refractivity contribution in [2.24, 2.45) is 5.10 Å². The van der Waals surface area contributed by atoms with Crippen LogP contribution in [0.4, 0.5) is 4.39 Å². The second-order valence-electron chi connectivity index (χ2n) is 4.19. The quantitative estimate of drug-likeness (QED) is 0.765. The Morgan fingerprint density at radius 3 is 2.76 bits per heavy atom. The zero-order valence-electron chi connectivity index (χ0n) is 10.8. The fraction of sp³-hybridized carbons (Fsp3) is 0.154. The van der Waals surface area contributed by atoms with E-state index < -0.39 is 17.1 Å². The zero-order chi connectivity index (χ0) is 15.4. The lowest BCUT2D eigenvalue weighted by Gasteiger charge is -2.23. The predicted octanol–water partition coefficient (Wildman–Crippen LogP) is 0.0286. The molecule has 0 spiro atoms. The van der Waals surface area contributed by atoms with Gasteiger partial charge in [0.15, 0.2) is 5.17 Å². The molecule has 21 heavy (non-hydrogen) atoms. The van der Waals surface area contributed by atoms with Gasteiger partial charge in [-0.15, -0.1) is 5.10 Å². The molecule has 8 heteroatoms. The van der Waals surface area contributed by atoms with Crippen molar-refractivity contribution >= 4 is 34.5 Å². The van der Waals surface area contributed by atoms with Crippen LogP contribution < -0.4 is 15.8 Å². The lowest BCUT2D eigenvalue weighted by Crippen LogP contribution is -2.45. The number of aliphatic carboxylic acids is 1. The highest BCUT2D eigenvalue weighted by atomic mass is 32.2. The molecule has 1 amide bonds. The van der Waals surface area contributed by atoms with Crippen LogP contribution in [0.25, 0.3) is 5.70 Å². The Balaban J connectivity index is 2.02. The van der Waals surface area contributed by atoms with Gasteiger partial charge in [-0.05, 0) is 29.8 Å². The summed E-state index contributed by atoms with van der Waals surface area (Å²) in [5.74, 6) is -2.14. The van der Waals surface area contributed by atoms with Crippen LogP contribution >= 0.6 is 11.8 Å². The van der Waals surface area contributed by atoms with Gasteiger partial charge in [-0.25, -0.2) is 4.39 Å². The summed E-state index contributed by atoms with van der Waals surface area (Å²) in [5, 5.41) is 16.3. The largest absolute Gasteiger partial charge is 0.549 e. The van der Waals surface area contributed by atoms with Crippen molar-refractivity contribution in [1.82, 2.24) is 10.7 Å². The summed E-state index contributed by atoms with van der Waals surface area (Å²) in [6.45, 7) is 3.72. The summed E-state index contributed by atoms with van der Waals surface area (Å²) in [4.78, 5) is 22.1. The van der Waals surface area contributed by atoms with E-state index >= 15 is 0 Å². The molecule has 2 N–H and O–H groups in total. The highest BCUT2D eigenvalue weighted by molar-refractivity contribution is 8.15. The standard InChI is InChI=1S/C13H12FN3O3S/c1-7(8-2-4-9(14)5-3-8)16-17-13-15-11(18)6-10(21-13)12(19)20/h2-5,10,16H,1,6H2,(H,19,20)(H,15,17,18)/p-1. The molecule has 1 atom stereocenters. The third-order valence-corrected chi connectivity index (χ3v) is 3.68. The van der Waals surface area contributed by atoms with Crippen molar-refractivity contribution in [1.29, 1.82) is 0 Å². The molecule has 1 heterocycles. The minimum absolute atomic E-state index is 0.115. The topological polar surface area (TPSA) is 93.6 Å². The second-order valence-corrected chi connectivity index (χ2v) is 5.38. The fourth-order valence-corrected chi connectivity index (χ4v) is 2.44. The monoisotopic (exact) mass is 308 g/mol. The van der Waals surface area contributed by atoms with E-state index in [1.54, 1.807) is 0 Å². The third-order valence-electron chi connectivity index (χ3n) is 2.62. The molecule has 2 rings (SSSR count). The van der Waals surface area contributed by atoms with Crippen molar-refractivity contribution in [2.75, 3.05) is 0 Å². The van der Waals surface area contributed by atoms with Gasteiger partial charge in [-0.1, -0.05) is 18.3 Å². The number of carbonyl (C=O) groups excluding carboxylic acids is 2. The maximum absolute atomic E-state index is 12.8. The number of amides is 1. The van der Waals surface area contributed by atoms with E-state index in [4.69, 9.17) is 0 Å². The van der Waals surface area contributed by atoms with Crippen molar-refractivity contribution in [3.8, 4) is 0 Å². The molecule has 110 valence electrons. The SMILES string of the molecule is C=C(NN=C1NC(=O)CC(C(=O)[O-])S1)c1ccc(F)cc1. The van der Waals surface area contributed by atoms with Gasteiger partial charge in [0.05, 0.1) is 16.9 Å². The molecular formula is C13H11FN3O3S-. The maximum atomic E-state index is 12.8. The van der Waals surface area contributed by atoms with Crippen molar-refractivity contribution in [3.63, 3.8) is 0 Å². The maximum Gasteiger partial charge on any atom is 0.227 e. The number of nitrogens with zero attached hydrogens (tertiary/aromatic N) is 1. The van der Waals surface area contributed by atoms with E-state index in [1.807, 2.05) is 0 Å². The number of carboxylic acids is 1. The van der Waals surface area contributed by atoms with E-state index in [2.05, 4.69) is 22.4 Å². The van der Waals surface area contributed by atoms with Gasteiger partial charge in [-0.2, -0.15) is 0 Å². The molecule has 0 bridgehead atoms. The molecule has 1 fully saturated rings. The first kappa shape index (κ1) is 15.0. The van der Waals surface area contributed by atoms with Gasteiger partial charge in [0, 0.05) is 6.42 Å². The molecule has 0 aliphatic carbocycles. The average Bonchev–Trinajstić information content (AvgIpc) is 2.45. The van der Waals surface area contributed by atoms with Crippen LogP contribution in [-0.4, -0.2) is 22.3 Å². The number of nitrogens with one attached hydrogen (secondary N) is 2. The molecule has 1 aliphatic heterocycles. The fourth-order valence-electron chi connectivity index (χ4n) is 1.56. The normalized spacial score (nSPS) is 20.0. The van der Waals surface area contributed by atoms with Crippen molar-refractivity contribution < 1.29 is 19.1 Å². The second kappa shape index (κ2) is 6.40. The average molecular weight is 308 g/mol. The zero-order valence-corrected chi connectivity index (χ0v) is 11.6. The van der Waals surface area contributed by atoms with Crippen LogP contribution in [0.1, 0.15) is 12.0 Å². The first-order valence-electron chi connectivity index (χ1n) is 5.91. The molecule has 0 saturated carbocycles. The van der Waals surface area contributed by atoms with Crippen molar-refractivity contribution in [2.45, 2.75) is 11.7 Å². The summed E-state index contributed by atoms with van der Waals surface area (Å²) < 4.78 is 12.8. The van der Waals surface area contributed by atoms with E-state index in [-0.39, 0.29) is 17.4 Å². The highest BCUT2D eigenvalue weighted by Crippen LogP contribution is 2.20. The van der Waals surface area contributed by atoms with Crippen LogP contribution in [0.2, 0.25) is 0 Å². The number of amidine groups is 1. The summed E-state index contributed by atoms with van der Waals surface area (Å²) >= 11 is 0.875. The van der Waals surface area contributed by atoms with Gasteiger partial charge in [-0.3, -0.25) is 10.2 Å². The Labute approximate surface area is 124 Å². The summed E-state index contributed by atoms with van der Waals surface area (Å²) in [5.41, 5.74) is 3.59. The van der Waals surface area contributed by atoms with Crippen molar-refractivity contribution in [3.05, 3.63) is 42.2 Å². The van der Waals surface area contributed by atoms with Gasteiger partial charge < -0.3 is 15.2 Å². The number of carbonyl (C=O) groups is 2. The number of benzene rings is 1. The molecule has 1 saturated heterocycles.